The molecule has 0 N–H and O–H groups in total. The van der Waals surface area contributed by atoms with Gasteiger partial charge >= 0.3 is 0 Å². The van der Waals surface area contributed by atoms with Crippen molar-refractivity contribution in [1.29, 1.82) is 0 Å². The largest absolute Gasteiger partial charge is 0.497 e. The summed E-state index contributed by atoms with van der Waals surface area (Å²) < 4.78 is 13.2. The molecule has 0 saturated carbocycles. The van der Waals surface area contributed by atoms with Gasteiger partial charge in [0.05, 0.1) is 25.6 Å². The Morgan fingerprint density at radius 3 is 2.59 bits per heavy atom. The number of nitrogens with zero attached hydrogens (tertiary/aromatic N) is 4. The molecule has 0 aliphatic carbocycles. The number of aryl methyl sites for hydroxylation is 1. The quantitative estimate of drug-likeness (QED) is 0.616. The van der Waals surface area contributed by atoms with Gasteiger partial charge in [-0.15, -0.1) is 0 Å². The molecule has 29 heavy (non-hydrogen) atoms. The molecule has 3 heterocycles. The third-order valence-electron chi connectivity index (χ3n) is 5.31. The monoisotopic (exact) mass is 392 g/mol. The van der Waals surface area contributed by atoms with Crippen molar-refractivity contribution in [3.05, 3.63) is 77.4 Å². The van der Waals surface area contributed by atoms with Crippen molar-refractivity contribution in [3.63, 3.8) is 0 Å². The first-order valence-corrected chi connectivity index (χ1v) is 10.2. The van der Waals surface area contributed by atoms with E-state index in [4.69, 9.17) is 14.5 Å². The molecule has 1 atom stereocenters. The zero-order chi connectivity index (χ0) is 20.1. The lowest BCUT2D eigenvalue weighted by molar-refractivity contribution is -0.0350. The van der Waals surface area contributed by atoms with E-state index < -0.39 is 0 Å². The third-order valence-corrected chi connectivity index (χ3v) is 5.31. The van der Waals surface area contributed by atoms with Crippen molar-refractivity contribution >= 4 is 0 Å². The van der Waals surface area contributed by atoms with Gasteiger partial charge in [-0.1, -0.05) is 18.2 Å². The lowest BCUT2D eigenvalue weighted by Gasteiger charge is -2.32. The zero-order valence-corrected chi connectivity index (χ0v) is 17.1. The Balaban J connectivity index is 1.36. The Morgan fingerprint density at radius 2 is 1.90 bits per heavy atom. The maximum absolute atomic E-state index is 6.00. The summed E-state index contributed by atoms with van der Waals surface area (Å²) in [5.41, 5.74) is 4.68. The second-order valence-corrected chi connectivity index (χ2v) is 7.41. The van der Waals surface area contributed by atoms with Crippen molar-refractivity contribution in [2.75, 3.05) is 26.8 Å². The number of aromatic nitrogens is 3. The Hall–Kier alpha value is -2.70. The van der Waals surface area contributed by atoms with Gasteiger partial charge < -0.3 is 9.47 Å². The summed E-state index contributed by atoms with van der Waals surface area (Å²) >= 11 is 0. The van der Waals surface area contributed by atoms with Crippen LogP contribution in [0.25, 0.3) is 0 Å². The summed E-state index contributed by atoms with van der Waals surface area (Å²) in [6, 6.07) is 12.4. The molecule has 1 fully saturated rings. The molecule has 4 rings (SSSR count). The highest BCUT2D eigenvalue weighted by molar-refractivity contribution is 5.31. The standard InChI is InChI=1S/C23H28N4O2/c1-3-27-16-20(14-25-27)15-26-10-11-29-23(17-26)22-9-6-19(13-24-22)12-18-4-7-21(28-2)8-5-18/h4-9,13-14,16,23H,3,10-12,15,17H2,1-2H3. The summed E-state index contributed by atoms with van der Waals surface area (Å²) in [7, 11) is 1.68. The van der Waals surface area contributed by atoms with Crippen LogP contribution in [0.15, 0.2) is 55.0 Å². The molecule has 1 aromatic carbocycles. The fraction of sp³-hybridized carbons (Fsp3) is 0.391. The molecular weight excluding hydrogens is 364 g/mol. The molecule has 3 aromatic rings. The highest BCUT2D eigenvalue weighted by atomic mass is 16.5. The van der Waals surface area contributed by atoms with E-state index in [2.05, 4.69) is 47.4 Å². The zero-order valence-electron chi connectivity index (χ0n) is 17.1. The van der Waals surface area contributed by atoms with Crippen LogP contribution >= 0.6 is 0 Å². The third kappa shape index (κ3) is 5.02. The molecule has 0 spiro atoms. The van der Waals surface area contributed by atoms with Gasteiger partial charge in [-0.05, 0) is 42.7 Å². The van der Waals surface area contributed by atoms with Gasteiger partial charge in [0.15, 0.2) is 0 Å². The average molecular weight is 393 g/mol. The van der Waals surface area contributed by atoms with Crippen LogP contribution in [0.2, 0.25) is 0 Å². The normalized spacial score (nSPS) is 17.4. The van der Waals surface area contributed by atoms with Crippen LogP contribution in [0.1, 0.15) is 35.4 Å². The highest BCUT2D eigenvalue weighted by Crippen LogP contribution is 2.23. The molecule has 1 aliphatic rings. The SMILES string of the molecule is CCn1cc(CN2CCOC(c3ccc(Cc4ccc(OC)cc4)cn3)C2)cn1. The van der Waals surface area contributed by atoms with Crippen LogP contribution in [0, 0.1) is 0 Å². The maximum atomic E-state index is 6.00. The number of hydrogen-bond donors (Lipinski definition) is 0. The van der Waals surface area contributed by atoms with Crippen molar-refractivity contribution in [2.45, 2.75) is 32.5 Å². The van der Waals surface area contributed by atoms with Crippen molar-refractivity contribution < 1.29 is 9.47 Å². The number of morpholine rings is 1. The van der Waals surface area contributed by atoms with Gasteiger partial charge in [0.1, 0.15) is 11.9 Å². The topological polar surface area (TPSA) is 52.4 Å². The number of pyridine rings is 1. The summed E-state index contributed by atoms with van der Waals surface area (Å²) in [4.78, 5) is 7.11. The lowest BCUT2D eigenvalue weighted by atomic mass is 10.1. The minimum absolute atomic E-state index is 0.0139. The van der Waals surface area contributed by atoms with E-state index in [1.165, 1.54) is 16.7 Å². The van der Waals surface area contributed by atoms with Crippen LogP contribution in [-0.4, -0.2) is 46.5 Å². The first-order valence-electron chi connectivity index (χ1n) is 10.2. The number of methoxy groups -OCH3 is 1. The number of rotatable bonds is 7. The van der Waals surface area contributed by atoms with E-state index in [9.17, 15) is 0 Å². The van der Waals surface area contributed by atoms with E-state index in [0.717, 1.165) is 50.7 Å². The molecule has 0 amide bonds. The lowest BCUT2D eigenvalue weighted by Crippen LogP contribution is -2.38. The Kier molecular flexibility index (Phi) is 6.22. The minimum Gasteiger partial charge on any atom is -0.497 e. The number of ether oxygens (including phenoxy) is 2. The molecule has 0 radical (unpaired) electrons. The van der Waals surface area contributed by atoms with Gasteiger partial charge in [-0.25, -0.2) is 0 Å². The number of hydrogen-bond acceptors (Lipinski definition) is 5. The van der Waals surface area contributed by atoms with Crippen molar-refractivity contribution in [1.82, 2.24) is 19.7 Å². The summed E-state index contributed by atoms with van der Waals surface area (Å²) in [6.07, 6.45) is 6.92. The predicted molar refractivity (Wildman–Crippen MR) is 112 cm³/mol. The first-order chi connectivity index (χ1) is 14.2. The molecule has 152 valence electrons. The van der Waals surface area contributed by atoms with Gasteiger partial charge in [-0.2, -0.15) is 5.10 Å². The minimum atomic E-state index is 0.0139. The second kappa shape index (κ2) is 9.20. The van der Waals surface area contributed by atoms with Gasteiger partial charge in [0.2, 0.25) is 0 Å². The van der Waals surface area contributed by atoms with Crippen LogP contribution in [0.5, 0.6) is 5.75 Å². The fourth-order valence-electron chi connectivity index (χ4n) is 3.65. The van der Waals surface area contributed by atoms with Crippen molar-refractivity contribution in [3.8, 4) is 5.75 Å². The molecule has 6 nitrogen and oxygen atoms in total. The van der Waals surface area contributed by atoms with E-state index >= 15 is 0 Å². The van der Waals surface area contributed by atoms with Crippen LogP contribution in [-0.2, 0) is 24.2 Å². The molecule has 1 aliphatic heterocycles. The molecule has 1 unspecified atom stereocenters. The van der Waals surface area contributed by atoms with E-state index in [-0.39, 0.29) is 6.10 Å². The van der Waals surface area contributed by atoms with Crippen LogP contribution in [0.3, 0.4) is 0 Å². The average Bonchev–Trinajstić information content (AvgIpc) is 3.22. The molecule has 0 bridgehead atoms. The summed E-state index contributed by atoms with van der Waals surface area (Å²) in [5.74, 6) is 0.878. The molecule has 2 aromatic heterocycles. The number of benzene rings is 1. The second-order valence-electron chi connectivity index (χ2n) is 7.41. The van der Waals surface area contributed by atoms with Crippen molar-refractivity contribution in [2.24, 2.45) is 0 Å². The van der Waals surface area contributed by atoms with Gasteiger partial charge in [0.25, 0.3) is 0 Å². The smallest absolute Gasteiger partial charge is 0.118 e. The van der Waals surface area contributed by atoms with E-state index in [0.29, 0.717) is 0 Å². The van der Waals surface area contributed by atoms with Crippen LogP contribution < -0.4 is 4.74 Å². The maximum Gasteiger partial charge on any atom is 0.118 e. The Morgan fingerprint density at radius 1 is 1.07 bits per heavy atom. The van der Waals surface area contributed by atoms with Crippen LogP contribution in [0.4, 0.5) is 0 Å². The summed E-state index contributed by atoms with van der Waals surface area (Å²) in [5, 5.41) is 4.37. The fourth-order valence-corrected chi connectivity index (χ4v) is 3.65. The van der Waals surface area contributed by atoms with Gasteiger partial charge in [-0.3, -0.25) is 14.6 Å². The molecular formula is C23H28N4O2. The Labute approximate surface area is 172 Å². The molecule has 1 saturated heterocycles. The molecule has 6 heteroatoms. The summed E-state index contributed by atoms with van der Waals surface area (Å²) in [6.45, 7) is 6.41. The van der Waals surface area contributed by atoms with E-state index in [1.807, 2.05) is 29.2 Å². The predicted octanol–water partition coefficient (Wildman–Crippen LogP) is 3.47. The first kappa shape index (κ1) is 19.6. The highest BCUT2D eigenvalue weighted by Gasteiger charge is 2.23. The van der Waals surface area contributed by atoms with Gasteiger partial charge in [0, 0.05) is 44.1 Å². The van der Waals surface area contributed by atoms with E-state index in [1.54, 1.807) is 7.11 Å². The Bertz CT molecular complexity index is 905.